The van der Waals surface area contributed by atoms with Crippen LogP contribution < -0.4 is 5.73 Å². The lowest BCUT2D eigenvalue weighted by Gasteiger charge is -2.27. The van der Waals surface area contributed by atoms with Crippen molar-refractivity contribution in [2.75, 3.05) is 13.1 Å². The maximum absolute atomic E-state index is 12.6. The third kappa shape index (κ3) is 1.79. The van der Waals surface area contributed by atoms with Crippen molar-refractivity contribution >= 4 is 21.8 Å². The monoisotopic (exact) mass is 308 g/mol. The van der Waals surface area contributed by atoms with Crippen LogP contribution in [-0.4, -0.2) is 29.9 Å². The lowest BCUT2D eigenvalue weighted by molar-refractivity contribution is 0.0711. The molecule has 0 unspecified atom stereocenters. The first kappa shape index (κ1) is 12.2. The summed E-state index contributed by atoms with van der Waals surface area (Å²) in [4.78, 5) is 14.6. The van der Waals surface area contributed by atoms with Crippen molar-refractivity contribution in [2.45, 2.75) is 19.4 Å². The second kappa shape index (κ2) is 4.35. The van der Waals surface area contributed by atoms with Crippen LogP contribution in [0.25, 0.3) is 0 Å². The van der Waals surface area contributed by atoms with Crippen molar-refractivity contribution in [1.29, 1.82) is 0 Å². The third-order valence-corrected chi connectivity index (χ3v) is 5.28. The highest BCUT2D eigenvalue weighted by Crippen LogP contribution is 2.49. The lowest BCUT2D eigenvalue weighted by atomic mass is 10.1. The Morgan fingerprint density at radius 3 is 3.06 bits per heavy atom. The van der Waals surface area contributed by atoms with Gasteiger partial charge in [0.15, 0.2) is 0 Å². The molecular weight excluding hydrogens is 292 g/mol. The molecule has 4 heteroatoms. The fourth-order valence-corrected chi connectivity index (χ4v) is 3.51. The SMILES string of the molecule is Cc1cccc(C(=O)N2C[C@H]3C[C@H]3[C@H]2CN)c1Br. The molecule has 0 aromatic heterocycles. The van der Waals surface area contributed by atoms with E-state index >= 15 is 0 Å². The van der Waals surface area contributed by atoms with Crippen molar-refractivity contribution < 1.29 is 4.79 Å². The Morgan fingerprint density at radius 2 is 2.33 bits per heavy atom. The third-order valence-electron chi connectivity index (χ3n) is 4.23. The summed E-state index contributed by atoms with van der Waals surface area (Å²) in [6, 6.07) is 6.07. The van der Waals surface area contributed by atoms with Gasteiger partial charge in [-0.1, -0.05) is 12.1 Å². The molecule has 2 fully saturated rings. The molecule has 0 spiro atoms. The van der Waals surface area contributed by atoms with E-state index in [9.17, 15) is 4.79 Å². The lowest BCUT2D eigenvalue weighted by Crippen LogP contribution is -2.42. The fourth-order valence-electron chi connectivity index (χ4n) is 3.07. The molecule has 1 amide bonds. The highest BCUT2D eigenvalue weighted by molar-refractivity contribution is 9.10. The molecule has 0 radical (unpaired) electrons. The van der Waals surface area contributed by atoms with Gasteiger partial charge in [0.1, 0.15) is 0 Å². The highest BCUT2D eigenvalue weighted by Gasteiger charge is 2.53. The quantitative estimate of drug-likeness (QED) is 0.910. The van der Waals surface area contributed by atoms with Crippen molar-refractivity contribution in [3.8, 4) is 0 Å². The van der Waals surface area contributed by atoms with E-state index in [2.05, 4.69) is 15.9 Å². The maximum Gasteiger partial charge on any atom is 0.255 e. The Hall–Kier alpha value is -0.870. The molecule has 1 aliphatic heterocycles. The predicted molar refractivity (Wildman–Crippen MR) is 74.4 cm³/mol. The molecule has 2 aliphatic rings. The number of halogens is 1. The topological polar surface area (TPSA) is 46.3 Å². The molecule has 2 N–H and O–H groups in total. The molecule has 0 bridgehead atoms. The van der Waals surface area contributed by atoms with Crippen molar-refractivity contribution in [3.63, 3.8) is 0 Å². The normalized spacial score (nSPS) is 29.3. The molecule has 18 heavy (non-hydrogen) atoms. The van der Waals surface area contributed by atoms with Gasteiger partial charge in [-0.15, -0.1) is 0 Å². The van der Waals surface area contributed by atoms with Crippen LogP contribution in [0, 0.1) is 18.8 Å². The highest BCUT2D eigenvalue weighted by atomic mass is 79.9. The Labute approximate surface area is 115 Å². The van der Waals surface area contributed by atoms with Crippen LogP contribution in [0.3, 0.4) is 0 Å². The number of carbonyl (C=O) groups excluding carboxylic acids is 1. The number of carbonyl (C=O) groups is 1. The van der Waals surface area contributed by atoms with Gasteiger partial charge in [0.05, 0.1) is 5.56 Å². The zero-order chi connectivity index (χ0) is 12.9. The molecule has 1 aliphatic carbocycles. The first-order valence-electron chi connectivity index (χ1n) is 6.39. The molecule has 1 aromatic carbocycles. The van der Waals surface area contributed by atoms with E-state index < -0.39 is 0 Å². The molecule has 3 nitrogen and oxygen atoms in total. The molecule has 1 aromatic rings. The average Bonchev–Trinajstić information content (AvgIpc) is 3.04. The molecule has 1 saturated heterocycles. The van der Waals surface area contributed by atoms with Crippen LogP contribution in [0.15, 0.2) is 22.7 Å². The van der Waals surface area contributed by atoms with Crippen LogP contribution in [0.2, 0.25) is 0 Å². The zero-order valence-corrected chi connectivity index (χ0v) is 12.0. The number of amides is 1. The number of benzene rings is 1. The number of fused-ring (bicyclic) bond motifs is 1. The van der Waals surface area contributed by atoms with E-state index in [0.29, 0.717) is 18.4 Å². The molecule has 3 rings (SSSR count). The van der Waals surface area contributed by atoms with Crippen molar-refractivity contribution in [1.82, 2.24) is 4.90 Å². The van der Waals surface area contributed by atoms with Crippen molar-refractivity contribution in [2.24, 2.45) is 17.6 Å². The molecule has 1 heterocycles. The minimum absolute atomic E-state index is 0.119. The summed E-state index contributed by atoms with van der Waals surface area (Å²) in [5.74, 6) is 1.47. The standard InChI is InChI=1S/C14H17BrN2O/c1-8-3-2-4-10(13(8)15)14(18)17-7-9-5-11(9)12(17)6-16/h2-4,9,11-12H,5-7,16H2,1H3/t9-,11-,12-/m1/s1. The van der Waals surface area contributed by atoms with Gasteiger partial charge in [-0.2, -0.15) is 0 Å². The number of rotatable bonds is 2. The molecule has 3 atom stereocenters. The van der Waals surface area contributed by atoms with Gasteiger partial charge in [0.2, 0.25) is 0 Å². The van der Waals surface area contributed by atoms with E-state index in [4.69, 9.17) is 5.73 Å². The largest absolute Gasteiger partial charge is 0.334 e. The van der Waals surface area contributed by atoms with E-state index in [0.717, 1.165) is 22.1 Å². The smallest absolute Gasteiger partial charge is 0.255 e. The molecule has 1 saturated carbocycles. The van der Waals surface area contributed by atoms with E-state index in [1.165, 1.54) is 6.42 Å². The van der Waals surface area contributed by atoms with Crippen LogP contribution in [0.5, 0.6) is 0 Å². The van der Waals surface area contributed by atoms with Crippen molar-refractivity contribution in [3.05, 3.63) is 33.8 Å². The number of nitrogens with zero attached hydrogens (tertiary/aromatic N) is 1. The number of likely N-dealkylation sites (tertiary alicyclic amines) is 1. The predicted octanol–water partition coefficient (Wildman–Crippen LogP) is 2.18. The van der Waals surface area contributed by atoms with E-state index in [1.54, 1.807) is 0 Å². The summed E-state index contributed by atoms with van der Waals surface area (Å²) in [5.41, 5.74) is 7.67. The Morgan fingerprint density at radius 1 is 1.56 bits per heavy atom. The minimum Gasteiger partial charge on any atom is -0.334 e. The van der Waals surface area contributed by atoms with E-state index in [-0.39, 0.29) is 11.9 Å². The van der Waals surface area contributed by atoms with Crippen LogP contribution in [0.4, 0.5) is 0 Å². The second-order valence-corrected chi connectivity index (χ2v) is 6.15. The summed E-state index contributed by atoms with van der Waals surface area (Å²) in [5, 5.41) is 0. The summed E-state index contributed by atoms with van der Waals surface area (Å²) >= 11 is 3.52. The summed E-state index contributed by atoms with van der Waals surface area (Å²) < 4.78 is 0.909. The first-order chi connectivity index (χ1) is 8.63. The number of hydrogen-bond donors (Lipinski definition) is 1. The Kier molecular flexibility index (Phi) is 2.94. The average molecular weight is 309 g/mol. The number of aryl methyl sites for hydroxylation is 1. The van der Waals surface area contributed by atoms with Gasteiger partial charge in [0.25, 0.3) is 5.91 Å². The van der Waals surface area contributed by atoms with E-state index in [1.807, 2.05) is 30.0 Å². The first-order valence-corrected chi connectivity index (χ1v) is 7.19. The van der Waals surface area contributed by atoms with Gasteiger partial charge in [0, 0.05) is 23.6 Å². The summed E-state index contributed by atoms with van der Waals surface area (Å²) in [7, 11) is 0. The second-order valence-electron chi connectivity index (χ2n) is 5.36. The summed E-state index contributed by atoms with van der Waals surface area (Å²) in [6.45, 7) is 3.46. The zero-order valence-electron chi connectivity index (χ0n) is 10.4. The van der Waals surface area contributed by atoms with Crippen LogP contribution in [-0.2, 0) is 0 Å². The molecular formula is C14H17BrN2O. The van der Waals surface area contributed by atoms with Gasteiger partial charge < -0.3 is 10.6 Å². The number of hydrogen-bond acceptors (Lipinski definition) is 2. The fraction of sp³-hybridized carbons (Fsp3) is 0.500. The minimum atomic E-state index is 0.119. The van der Waals surface area contributed by atoms with Crippen LogP contribution in [0.1, 0.15) is 22.3 Å². The maximum atomic E-state index is 12.6. The summed E-state index contributed by atoms with van der Waals surface area (Å²) in [6.07, 6.45) is 1.25. The Bertz CT molecular complexity index is 503. The number of nitrogens with two attached hydrogens (primary N) is 1. The number of piperidine rings is 1. The van der Waals surface area contributed by atoms with Gasteiger partial charge >= 0.3 is 0 Å². The molecule has 96 valence electrons. The Balaban J connectivity index is 1.88. The van der Waals surface area contributed by atoms with Gasteiger partial charge in [-0.05, 0) is 52.7 Å². The van der Waals surface area contributed by atoms with Crippen LogP contribution >= 0.6 is 15.9 Å². The van der Waals surface area contributed by atoms with Gasteiger partial charge in [-0.25, -0.2) is 0 Å². The van der Waals surface area contributed by atoms with Gasteiger partial charge in [-0.3, -0.25) is 4.79 Å².